The molecule has 0 radical (unpaired) electrons. The van der Waals surface area contributed by atoms with Gasteiger partial charge in [-0.05, 0) is 6.07 Å². The zero-order valence-electron chi connectivity index (χ0n) is 8.53. The highest BCUT2D eigenvalue weighted by atomic mass is 35.5. The van der Waals surface area contributed by atoms with Gasteiger partial charge in [0.15, 0.2) is 0 Å². The van der Waals surface area contributed by atoms with Crippen LogP contribution in [-0.2, 0) is 7.05 Å². The zero-order valence-corrected chi connectivity index (χ0v) is 9.29. The van der Waals surface area contributed by atoms with Crippen molar-refractivity contribution in [2.45, 2.75) is 0 Å². The van der Waals surface area contributed by atoms with Gasteiger partial charge in [-0.25, -0.2) is 0 Å². The Balaban J connectivity index is 2.54. The van der Waals surface area contributed by atoms with Gasteiger partial charge in [-0.15, -0.1) is 0 Å². The number of halogens is 1. The SMILES string of the molecule is Cn1cc(Cl)cc1C(=O)NC/C=C/CN. The van der Waals surface area contributed by atoms with Crippen molar-refractivity contribution < 1.29 is 4.79 Å². The third kappa shape index (κ3) is 3.42. The summed E-state index contributed by atoms with van der Waals surface area (Å²) >= 11 is 5.76. The Kier molecular flexibility index (Phi) is 4.39. The van der Waals surface area contributed by atoms with E-state index in [-0.39, 0.29) is 5.91 Å². The molecule has 0 aliphatic carbocycles. The van der Waals surface area contributed by atoms with E-state index in [2.05, 4.69) is 5.32 Å². The van der Waals surface area contributed by atoms with E-state index in [0.717, 1.165) is 0 Å². The molecule has 0 aromatic carbocycles. The number of nitrogens with one attached hydrogen (secondary N) is 1. The van der Waals surface area contributed by atoms with E-state index < -0.39 is 0 Å². The number of hydrogen-bond donors (Lipinski definition) is 2. The molecule has 0 atom stereocenters. The Bertz CT molecular complexity index is 371. The zero-order chi connectivity index (χ0) is 11.3. The van der Waals surface area contributed by atoms with E-state index >= 15 is 0 Å². The van der Waals surface area contributed by atoms with Crippen LogP contribution < -0.4 is 11.1 Å². The monoisotopic (exact) mass is 227 g/mol. The molecule has 1 aromatic rings. The lowest BCUT2D eigenvalue weighted by Gasteiger charge is -2.02. The molecule has 0 fully saturated rings. The maximum atomic E-state index is 11.6. The molecule has 0 unspecified atom stereocenters. The normalized spacial score (nSPS) is 10.9. The second-order valence-electron chi connectivity index (χ2n) is 3.07. The number of nitrogens with two attached hydrogens (primary N) is 1. The molecule has 0 aliphatic heterocycles. The lowest BCUT2D eigenvalue weighted by atomic mass is 10.4. The Morgan fingerprint density at radius 3 is 2.93 bits per heavy atom. The Hall–Kier alpha value is -1.26. The van der Waals surface area contributed by atoms with Gasteiger partial charge in [0.05, 0.1) is 5.02 Å². The predicted octanol–water partition coefficient (Wildman–Crippen LogP) is 0.923. The second kappa shape index (κ2) is 5.58. The highest BCUT2D eigenvalue weighted by Gasteiger charge is 2.09. The van der Waals surface area contributed by atoms with Gasteiger partial charge in [0, 0.05) is 26.3 Å². The van der Waals surface area contributed by atoms with Crippen molar-refractivity contribution in [3.63, 3.8) is 0 Å². The van der Waals surface area contributed by atoms with Gasteiger partial charge >= 0.3 is 0 Å². The third-order valence-electron chi connectivity index (χ3n) is 1.89. The largest absolute Gasteiger partial charge is 0.347 e. The molecule has 3 N–H and O–H groups in total. The molecule has 82 valence electrons. The van der Waals surface area contributed by atoms with Crippen LogP contribution in [0.5, 0.6) is 0 Å². The quantitative estimate of drug-likeness (QED) is 0.752. The molecule has 1 heterocycles. The van der Waals surface area contributed by atoms with Crippen LogP contribution in [0.4, 0.5) is 0 Å². The van der Waals surface area contributed by atoms with Crippen LogP contribution in [-0.4, -0.2) is 23.6 Å². The lowest BCUT2D eigenvalue weighted by Crippen LogP contribution is -2.25. The van der Waals surface area contributed by atoms with E-state index in [0.29, 0.717) is 23.8 Å². The molecule has 4 nitrogen and oxygen atoms in total. The fraction of sp³-hybridized carbons (Fsp3) is 0.300. The number of nitrogens with zero attached hydrogens (tertiary/aromatic N) is 1. The molecular weight excluding hydrogens is 214 g/mol. The average molecular weight is 228 g/mol. The number of carbonyl (C=O) groups excluding carboxylic acids is 1. The molecule has 0 aliphatic rings. The Morgan fingerprint density at radius 2 is 2.40 bits per heavy atom. The fourth-order valence-electron chi connectivity index (χ4n) is 1.17. The molecule has 0 bridgehead atoms. The van der Waals surface area contributed by atoms with E-state index in [1.165, 1.54) is 0 Å². The maximum absolute atomic E-state index is 11.6. The van der Waals surface area contributed by atoms with Crippen LogP contribution in [0.1, 0.15) is 10.5 Å². The van der Waals surface area contributed by atoms with Crippen molar-refractivity contribution in [3.05, 3.63) is 35.1 Å². The van der Waals surface area contributed by atoms with Crippen molar-refractivity contribution in [2.24, 2.45) is 12.8 Å². The first kappa shape index (κ1) is 11.8. The highest BCUT2D eigenvalue weighted by Crippen LogP contribution is 2.12. The second-order valence-corrected chi connectivity index (χ2v) is 3.51. The number of aryl methyl sites for hydroxylation is 1. The first-order valence-corrected chi connectivity index (χ1v) is 4.98. The van der Waals surface area contributed by atoms with Crippen LogP contribution in [0, 0.1) is 0 Å². The van der Waals surface area contributed by atoms with Crippen LogP contribution in [0.25, 0.3) is 0 Å². The fourth-order valence-corrected chi connectivity index (χ4v) is 1.42. The van der Waals surface area contributed by atoms with E-state index in [9.17, 15) is 4.79 Å². The van der Waals surface area contributed by atoms with Crippen molar-refractivity contribution in [3.8, 4) is 0 Å². The molecule has 15 heavy (non-hydrogen) atoms. The Morgan fingerprint density at radius 1 is 1.67 bits per heavy atom. The summed E-state index contributed by atoms with van der Waals surface area (Å²) in [5, 5.41) is 3.28. The smallest absolute Gasteiger partial charge is 0.268 e. The number of carbonyl (C=O) groups is 1. The minimum absolute atomic E-state index is 0.147. The molecule has 1 amide bonds. The minimum Gasteiger partial charge on any atom is -0.347 e. The standard InChI is InChI=1S/C10H14ClN3O/c1-14-7-8(11)6-9(14)10(15)13-5-3-2-4-12/h2-3,6-7H,4-5,12H2,1H3,(H,13,15)/b3-2+. The molecule has 0 spiro atoms. The van der Waals surface area contributed by atoms with E-state index in [1.807, 2.05) is 6.08 Å². The molecule has 0 saturated heterocycles. The lowest BCUT2D eigenvalue weighted by molar-refractivity contribution is 0.0950. The van der Waals surface area contributed by atoms with Gasteiger partial charge in [-0.1, -0.05) is 23.8 Å². The van der Waals surface area contributed by atoms with Crippen LogP contribution in [0.3, 0.4) is 0 Å². The van der Waals surface area contributed by atoms with Crippen molar-refractivity contribution in [1.82, 2.24) is 9.88 Å². The van der Waals surface area contributed by atoms with E-state index in [1.54, 1.807) is 30.0 Å². The van der Waals surface area contributed by atoms with Crippen molar-refractivity contribution in [2.75, 3.05) is 13.1 Å². The van der Waals surface area contributed by atoms with E-state index in [4.69, 9.17) is 17.3 Å². The van der Waals surface area contributed by atoms with Crippen LogP contribution in [0.2, 0.25) is 5.02 Å². The predicted molar refractivity (Wildman–Crippen MR) is 61.0 cm³/mol. The van der Waals surface area contributed by atoms with Crippen LogP contribution >= 0.6 is 11.6 Å². The van der Waals surface area contributed by atoms with Crippen LogP contribution in [0.15, 0.2) is 24.4 Å². The van der Waals surface area contributed by atoms with Gasteiger partial charge in [-0.2, -0.15) is 0 Å². The number of aromatic nitrogens is 1. The van der Waals surface area contributed by atoms with Gasteiger partial charge in [0.1, 0.15) is 5.69 Å². The first-order chi connectivity index (χ1) is 7.15. The first-order valence-electron chi connectivity index (χ1n) is 4.60. The molecule has 1 aromatic heterocycles. The summed E-state index contributed by atoms with van der Waals surface area (Å²) in [5.41, 5.74) is 5.81. The van der Waals surface area contributed by atoms with Crippen molar-refractivity contribution >= 4 is 17.5 Å². The molecular formula is C10H14ClN3O. The van der Waals surface area contributed by atoms with Gasteiger partial charge < -0.3 is 15.6 Å². The average Bonchev–Trinajstić information content (AvgIpc) is 2.52. The summed E-state index contributed by atoms with van der Waals surface area (Å²) in [6.07, 6.45) is 5.28. The number of hydrogen-bond acceptors (Lipinski definition) is 2. The molecule has 5 heteroatoms. The molecule has 1 rings (SSSR count). The van der Waals surface area contributed by atoms with Crippen molar-refractivity contribution in [1.29, 1.82) is 0 Å². The Labute approximate surface area is 93.7 Å². The third-order valence-corrected chi connectivity index (χ3v) is 2.09. The van der Waals surface area contributed by atoms with Gasteiger partial charge in [-0.3, -0.25) is 4.79 Å². The summed E-state index contributed by atoms with van der Waals surface area (Å²) in [7, 11) is 1.77. The summed E-state index contributed by atoms with van der Waals surface area (Å²) in [4.78, 5) is 11.6. The summed E-state index contributed by atoms with van der Waals surface area (Å²) in [6.45, 7) is 0.949. The maximum Gasteiger partial charge on any atom is 0.268 e. The van der Waals surface area contributed by atoms with Gasteiger partial charge in [0.25, 0.3) is 5.91 Å². The number of amides is 1. The molecule has 0 saturated carbocycles. The van der Waals surface area contributed by atoms with Gasteiger partial charge in [0.2, 0.25) is 0 Å². The number of rotatable bonds is 4. The summed E-state index contributed by atoms with van der Waals surface area (Å²) in [5.74, 6) is -0.147. The minimum atomic E-state index is -0.147. The summed E-state index contributed by atoms with van der Waals surface area (Å²) < 4.78 is 1.68. The summed E-state index contributed by atoms with van der Waals surface area (Å²) in [6, 6.07) is 1.63. The highest BCUT2D eigenvalue weighted by molar-refractivity contribution is 6.31. The topological polar surface area (TPSA) is 60.0 Å².